The van der Waals surface area contributed by atoms with Gasteiger partial charge in [-0.2, -0.15) is 0 Å². The lowest BCUT2D eigenvalue weighted by atomic mass is 10.0. The highest BCUT2D eigenvalue weighted by molar-refractivity contribution is 6.03. The number of amides is 2. The van der Waals surface area contributed by atoms with Crippen LogP contribution in [0.5, 0.6) is 5.75 Å². The third kappa shape index (κ3) is 5.85. The van der Waals surface area contributed by atoms with Crippen LogP contribution in [-0.2, 0) is 14.3 Å². The highest BCUT2D eigenvalue weighted by atomic mass is 16.5. The van der Waals surface area contributed by atoms with Crippen molar-refractivity contribution in [1.82, 2.24) is 4.90 Å². The summed E-state index contributed by atoms with van der Waals surface area (Å²) < 4.78 is 11.3. The Morgan fingerprint density at radius 1 is 1.12 bits per heavy atom. The van der Waals surface area contributed by atoms with Crippen molar-refractivity contribution in [3.05, 3.63) is 59.7 Å². The molecule has 1 saturated heterocycles. The van der Waals surface area contributed by atoms with Gasteiger partial charge in [-0.25, -0.2) is 0 Å². The lowest BCUT2D eigenvalue weighted by Crippen LogP contribution is -2.48. The summed E-state index contributed by atoms with van der Waals surface area (Å²) in [6, 6.07) is 13.6. The van der Waals surface area contributed by atoms with Gasteiger partial charge >= 0.3 is 0 Å². The number of nitrogens with zero attached hydrogens (tertiary/aromatic N) is 2. The van der Waals surface area contributed by atoms with E-state index in [0.717, 1.165) is 44.1 Å². The number of anilines is 2. The van der Waals surface area contributed by atoms with Crippen LogP contribution in [0.25, 0.3) is 6.08 Å². The van der Waals surface area contributed by atoms with E-state index < -0.39 is 6.10 Å². The van der Waals surface area contributed by atoms with Crippen LogP contribution in [0.15, 0.2) is 48.5 Å². The van der Waals surface area contributed by atoms with Crippen molar-refractivity contribution in [2.75, 3.05) is 49.6 Å². The zero-order valence-electron chi connectivity index (χ0n) is 20.1. The van der Waals surface area contributed by atoms with Crippen molar-refractivity contribution in [2.45, 2.75) is 32.8 Å². The van der Waals surface area contributed by atoms with Crippen LogP contribution in [0.1, 0.15) is 37.8 Å². The van der Waals surface area contributed by atoms with Crippen LogP contribution < -0.4 is 15.0 Å². The molecule has 0 saturated carbocycles. The van der Waals surface area contributed by atoms with Crippen molar-refractivity contribution in [2.24, 2.45) is 0 Å². The van der Waals surface area contributed by atoms with Gasteiger partial charge in [-0.15, -0.1) is 0 Å². The highest BCUT2D eigenvalue weighted by Crippen LogP contribution is 2.36. The second-order valence-corrected chi connectivity index (χ2v) is 9.03. The van der Waals surface area contributed by atoms with E-state index in [0.29, 0.717) is 23.9 Å². The van der Waals surface area contributed by atoms with Crippen molar-refractivity contribution in [3.8, 4) is 5.75 Å². The van der Waals surface area contributed by atoms with Crippen LogP contribution in [0, 0.1) is 0 Å². The molecule has 0 aromatic heterocycles. The molecule has 7 nitrogen and oxygen atoms in total. The Morgan fingerprint density at radius 2 is 1.85 bits per heavy atom. The van der Waals surface area contributed by atoms with Gasteiger partial charge in [0.05, 0.1) is 18.9 Å². The molecule has 0 bridgehead atoms. The molecule has 34 heavy (non-hydrogen) atoms. The molecule has 4 rings (SSSR count). The fourth-order valence-corrected chi connectivity index (χ4v) is 4.13. The summed E-state index contributed by atoms with van der Waals surface area (Å²) in [5.74, 6) is 0.793. The average Bonchev–Trinajstić information content (AvgIpc) is 2.84. The predicted octanol–water partition coefficient (Wildman–Crippen LogP) is 3.91. The summed E-state index contributed by atoms with van der Waals surface area (Å²) in [4.78, 5) is 29.3. The van der Waals surface area contributed by atoms with Gasteiger partial charge in [0.25, 0.3) is 5.91 Å². The lowest BCUT2D eigenvalue weighted by Gasteiger charge is -2.35. The van der Waals surface area contributed by atoms with E-state index in [-0.39, 0.29) is 11.8 Å². The standard InChI is InChI=1S/C27H33N3O4/c1-19(2)22-7-4-21(5-8-22)6-11-26(31)28-23-9-10-24-25(18-23)34-20(3)27(32)30(24)13-12-29-14-16-33-17-15-29/h4-11,18-20H,12-17H2,1-3H3,(H,28,31)/b11-6+. The maximum atomic E-state index is 12.8. The fraction of sp³-hybridized carbons (Fsp3) is 0.407. The molecule has 1 unspecified atom stereocenters. The molecule has 180 valence electrons. The Bertz CT molecular complexity index is 1040. The minimum atomic E-state index is -0.572. The van der Waals surface area contributed by atoms with E-state index in [9.17, 15) is 9.59 Å². The third-order valence-electron chi connectivity index (χ3n) is 6.21. The SMILES string of the molecule is CC1Oc2cc(NC(=O)/C=C/c3ccc(C(C)C)cc3)ccc2N(CCN2CCOCC2)C1=O. The number of morpholine rings is 1. The van der Waals surface area contributed by atoms with Gasteiger partial charge in [0.1, 0.15) is 5.75 Å². The van der Waals surface area contributed by atoms with Crippen molar-refractivity contribution in [3.63, 3.8) is 0 Å². The number of carbonyl (C=O) groups excluding carboxylic acids is 2. The molecule has 1 atom stereocenters. The largest absolute Gasteiger partial charge is 0.479 e. The van der Waals surface area contributed by atoms with Crippen LogP contribution in [0.3, 0.4) is 0 Å². The van der Waals surface area contributed by atoms with E-state index >= 15 is 0 Å². The summed E-state index contributed by atoms with van der Waals surface area (Å²) in [7, 11) is 0. The first-order valence-electron chi connectivity index (χ1n) is 11.9. The van der Waals surface area contributed by atoms with Crippen molar-refractivity contribution >= 4 is 29.3 Å². The molecule has 2 aromatic carbocycles. The Balaban J connectivity index is 1.40. The van der Waals surface area contributed by atoms with Crippen LogP contribution >= 0.6 is 0 Å². The molecule has 2 aliphatic rings. The van der Waals surface area contributed by atoms with Gasteiger partial charge in [-0.1, -0.05) is 38.1 Å². The zero-order chi connectivity index (χ0) is 24.1. The smallest absolute Gasteiger partial charge is 0.267 e. The second kappa shape index (κ2) is 10.8. The number of carbonyl (C=O) groups is 2. The Hall–Kier alpha value is -3.16. The Kier molecular flexibility index (Phi) is 7.65. The molecule has 1 fully saturated rings. The van der Waals surface area contributed by atoms with Crippen LogP contribution in [-0.4, -0.2) is 62.2 Å². The molecule has 7 heteroatoms. The first kappa shape index (κ1) is 24.0. The first-order valence-corrected chi connectivity index (χ1v) is 11.9. The molecule has 2 heterocycles. The summed E-state index contributed by atoms with van der Waals surface area (Å²) in [5.41, 5.74) is 3.59. The number of hydrogen-bond acceptors (Lipinski definition) is 5. The minimum absolute atomic E-state index is 0.0519. The molecule has 2 aromatic rings. The molecule has 0 radical (unpaired) electrons. The molecule has 2 amide bonds. The maximum Gasteiger partial charge on any atom is 0.267 e. The minimum Gasteiger partial charge on any atom is -0.479 e. The number of rotatable bonds is 7. The van der Waals surface area contributed by atoms with Gasteiger partial charge in [0.2, 0.25) is 5.91 Å². The van der Waals surface area contributed by atoms with Gasteiger partial charge in [-0.05, 0) is 42.2 Å². The third-order valence-corrected chi connectivity index (χ3v) is 6.21. The zero-order valence-corrected chi connectivity index (χ0v) is 20.1. The molecule has 0 spiro atoms. The number of ether oxygens (including phenoxy) is 2. The summed E-state index contributed by atoms with van der Waals surface area (Å²) >= 11 is 0. The summed E-state index contributed by atoms with van der Waals surface area (Å²) in [5, 5.41) is 2.89. The van der Waals surface area contributed by atoms with Gasteiger partial charge in [0.15, 0.2) is 6.10 Å². The van der Waals surface area contributed by atoms with E-state index in [1.54, 1.807) is 30.0 Å². The van der Waals surface area contributed by atoms with E-state index in [4.69, 9.17) is 9.47 Å². The van der Waals surface area contributed by atoms with Crippen molar-refractivity contribution < 1.29 is 19.1 Å². The molecular weight excluding hydrogens is 430 g/mol. The Labute approximate surface area is 201 Å². The van der Waals surface area contributed by atoms with Crippen LogP contribution in [0.2, 0.25) is 0 Å². The highest BCUT2D eigenvalue weighted by Gasteiger charge is 2.32. The number of benzene rings is 2. The fourth-order valence-electron chi connectivity index (χ4n) is 4.13. The number of hydrogen-bond donors (Lipinski definition) is 1. The van der Waals surface area contributed by atoms with Crippen LogP contribution in [0.4, 0.5) is 11.4 Å². The number of nitrogens with one attached hydrogen (secondary N) is 1. The van der Waals surface area contributed by atoms with E-state index in [1.165, 1.54) is 11.6 Å². The molecule has 0 aliphatic carbocycles. The number of fused-ring (bicyclic) bond motifs is 1. The molecular formula is C27H33N3O4. The van der Waals surface area contributed by atoms with Gasteiger partial charge < -0.3 is 19.7 Å². The van der Waals surface area contributed by atoms with E-state index in [1.807, 2.05) is 18.2 Å². The second-order valence-electron chi connectivity index (χ2n) is 9.03. The predicted molar refractivity (Wildman–Crippen MR) is 134 cm³/mol. The first-order chi connectivity index (χ1) is 16.4. The van der Waals surface area contributed by atoms with Crippen molar-refractivity contribution in [1.29, 1.82) is 0 Å². The summed E-state index contributed by atoms with van der Waals surface area (Å²) in [6.45, 7) is 10.6. The van der Waals surface area contributed by atoms with Gasteiger partial charge in [-0.3, -0.25) is 14.5 Å². The molecule has 1 N–H and O–H groups in total. The van der Waals surface area contributed by atoms with E-state index in [2.05, 4.69) is 36.2 Å². The average molecular weight is 464 g/mol. The van der Waals surface area contributed by atoms with Gasteiger partial charge in [0, 0.05) is 44.0 Å². The quantitative estimate of drug-likeness (QED) is 0.631. The maximum absolute atomic E-state index is 12.8. The Morgan fingerprint density at radius 3 is 2.56 bits per heavy atom. The topological polar surface area (TPSA) is 71.1 Å². The molecule has 2 aliphatic heterocycles. The lowest BCUT2D eigenvalue weighted by molar-refractivity contribution is -0.125. The summed E-state index contributed by atoms with van der Waals surface area (Å²) in [6.07, 6.45) is 2.74. The monoisotopic (exact) mass is 463 g/mol. The normalized spacial score (nSPS) is 18.8.